The number of carbonyl (C=O) groups is 2. The first kappa shape index (κ1) is 21.9. The van der Waals surface area contributed by atoms with Gasteiger partial charge in [0.15, 0.2) is 0 Å². The predicted octanol–water partition coefficient (Wildman–Crippen LogP) is 2.10. The van der Waals surface area contributed by atoms with E-state index in [1.165, 1.54) is 12.4 Å². The smallest absolute Gasteiger partial charge is 0.251 e. The topological polar surface area (TPSA) is 98.7 Å². The summed E-state index contributed by atoms with van der Waals surface area (Å²) in [6, 6.07) is 15.4. The molecule has 2 aromatic rings. The van der Waals surface area contributed by atoms with Crippen molar-refractivity contribution in [3.05, 3.63) is 71.3 Å². The van der Waals surface area contributed by atoms with Gasteiger partial charge in [-0.25, -0.2) is 5.48 Å². The summed E-state index contributed by atoms with van der Waals surface area (Å²) in [7, 11) is 0. The highest BCUT2D eigenvalue weighted by molar-refractivity contribution is 5.94. The molecule has 0 aliphatic rings. The molecular formula is C21H24N2O4. The molecule has 27 heavy (non-hydrogen) atoms. The Morgan fingerprint density at radius 2 is 1.56 bits per heavy atom. The van der Waals surface area contributed by atoms with Crippen LogP contribution >= 0.6 is 0 Å². The normalized spacial score (nSPS) is 11.8. The molecule has 0 heterocycles. The molecule has 0 unspecified atom stereocenters. The summed E-state index contributed by atoms with van der Waals surface area (Å²) < 4.78 is 0. The standard InChI is InChI=1S/C20H20N2O4.CH4/c1-14(23)18(13-19(24)22-26)21-20(25)17-11-9-16(10-12-17)8-7-15-5-3-2-4-6-15;/h2-6,9-12,14,18,23,26H,13H2,1H3,(H,21,25)(H,22,24);1H4/t14-,18-;/m1./s1. The number of hydrogen-bond donors (Lipinski definition) is 4. The molecule has 0 bridgehead atoms. The zero-order valence-electron chi connectivity index (χ0n) is 14.3. The summed E-state index contributed by atoms with van der Waals surface area (Å²) in [5.41, 5.74) is 3.52. The Morgan fingerprint density at radius 1 is 1.00 bits per heavy atom. The lowest BCUT2D eigenvalue weighted by atomic mass is 10.1. The average Bonchev–Trinajstić information content (AvgIpc) is 2.66. The number of amides is 2. The van der Waals surface area contributed by atoms with Crippen LogP contribution < -0.4 is 10.8 Å². The van der Waals surface area contributed by atoms with Gasteiger partial charge in [0.1, 0.15) is 0 Å². The number of hydroxylamine groups is 1. The zero-order chi connectivity index (χ0) is 18.9. The van der Waals surface area contributed by atoms with Gasteiger partial charge in [-0.15, -0.1) is 0 Å². The molecule has 0 aromatic heterocycles. The number of nitrogens with one attached hydrogen (secondary N) is 2. The highest BCUT2D eigenvalue weighted by Gasteiger charge is 2.21. The fraction of sp³-hybridized carbons (Fsp3) is 0.238. The molecule has 0 fully saturated rings. The van der Waals surface area contributed by atoms with Gasteiger partial charge in [0, 0.05) is 16.7 Å². The molecular weight excluding hydrogens is 344 g/mol. The molecule has 0 saturated heterocycles. The molecule has 0 spiro atoms. The second-order valence-electron chi connectivity index (χ2n) is 5.75. The Morgan fingerprint density at radius 3 is 2.07 bits per heavy atom. The van der Waals surface area contributed by atoms with Crippen LogP contribution in [0.25, 0.3) is 0 Å². The van der Waals surface area contributed by atoms with E-state index in [-0.39, 0.29) is 13.8 Å². The van der Waals surface area contributed by atoms with E-state index in [4.69, 9.17) is 5.21 Å². The molecule has 2 rings (SSSR count). The maximum absolute atomic E-state index is 12.3. The third kappa shape index (κ3) is 6.94. The lowest BCUT2D eigenvalue weighted by Crippen LogP contribution is -2.45. The van der Waals surface area contributed by atoms with Gasteiger partial charge in [0.2, 0.25) is 5.91 Å². The van der Waals surface area contributed by atoms with E-state index in [1.807, 2.05) is 30.3 Å². The van der Waals surface area contributed by atoms with Crippen molar-refractivity contribution < 1.29 is 19.9 Å². The maximum Gasteiger partial charge on any atom is 0.251 e. The van der Waals surface area contributed by atoms with Gasteiger partial charge >= 0.3 is 0 Å². The van der Waals surface area contributed by atoms with Crippen LogP contribution in [0.4, 0.5) is 0 Å². The number of benzene rings is 2. The van der Waals surface area contributed by atoms with E-state index in [1.54, 1.807) is 24.3 Å². The second-order valence-corrected chi connectivity index (χ2v) is 5.75. The second kappa shape index (κ2) is 10.8. The first-order valence-electron chi connectivity index (χ1n) is 8.08. The van der Waals surface area contributed by atoms with Gasteiger partial charge in [-0.2, -0.15) is 0 Å². The molecule has 142 valence electrons. The number of hydrogen-bond acceptors (Lipinski definition) is 4. The molecule has 6 nitrogen and oxygen atoms in total. The van der Waals surface area contributed by atoms with Gasteiger partial charge in [0.25, 0.3) is 5.91 Å². The Bertz CT molecular complexity index is 806. The van der Waals surface area contributed by atoms with Crippen LogP contribution in [0.15, 0.2) is 54.6 Å². The minimum atomic E-state index is -0.952. The maximum atomic E-state index is 12.3. The van der Waals surface area contributed by atoms with Crippen molar-refractivity contribution in [2.75, 3.05) is 0 Å². The van der Waals surface area contributed by atoms with E-state index < -0.39 is 24.0 Å². The summed E-state index contributed by atoms with van der Waals surface area (Å²) in [6.07, 6.45) is -1.19. The van der Waals surface area contributed by atoms with Gasteiger partial charge in [-0.3, -0.25) is 14.8 Å². The van der Waals surface area contributed by atoms with E-state index in [0.717, 1.165) is 11.1 Å². The van der Waals surface area contributed by atoms with Gasteiger partial charge in [0.05, 0.1) is 18.6 Å². The summed E-state index contributed by atoms with van der Waals surface area (Å²) in [4.78, 5) is 23.5. The summed E-state index contributed by atoms with van der Waals surface area (Å²) >= 11 is 0. The number of aliphatic hydroxyl groups is 1. The highest BCUT2D eigenvalue weighted by atomic mass is 16.5. The lowest BCUT2D eigenvalue weighted by molar-refractivity contribution is -0.130. The van der Waals surface area contributed by atoms with Crippen molar-refractivity contribution in [2.24, 2.45) is 0 Å². The van der Waals surface area contributed by atoms with Gasteiger partial charge in [-0.05, 0) is 43.3 Å². The van der Waals surface area contributed by atoms with E-state index in [0.29, 0.717) is 5.56 Å². The third-order valence-electron chi connectivity index (χ3n) is 3.70. The minimum Gasteiger partial charge on any atom is -0.391 e. The molecule has 2 amide bonds. The van der Waals surface area contributed by atoms with Crippen LogP contribution in [0.1, 0.15) is 42.3 Å². The predicted molar refractivity (Wildman–Crippen MR) is 103 cm³/mol. The minimum absolute atomic E-state index is 0. The molecule has 0 saturated carbocycles. The van der Waals surface area contributed by atoms with Crippen molar-refractivity contribution in [1.29, 1.82) is 0 Å². The fourth-order valence-corrected chi connectivity index (χ4v) is 2.21. The third-order valence-corrected chi connectivity index (χ3v) is 3.70. The Balaban J connectivity index is 0.00000364. The van der Waals surface area contributed by atoms with Crippen LogP contribution in [0.5, 0.6) is 0 Å². The van der Waals surface area contributed by atoms with Gasteiger partial charge in [-0.1, -0.05) is 37.5 Å². The zero-order valence-corrected chi connectivity index (χ0v) is 14.3. The number of rotatable bonds is 5. The molecule has 2 aromatic carbocycles. The molecule has 0 aliphatic heterocycles. The Kier molecular flexibility index (Phi) is 8.73. The summed E-state index contributed by atoms with van der Waals surface area (Å²) in [5, 5.41) is 20.8. The number of carbonyl (C=O) groups excluding carboxylic acids is 2. The molecule has 6 heteroatoms. The molecule has 0 aliphatic carbocycles. The molecule has 4 N–H and O–H groups in total. The SMILES string of the molecule is C.C[C@@H](O)[C@@H](CC(=O)NO)NC(=O)c1ccc(C#Cc2ccccc2)cc1. The van der Waals surface area contributed by atoms with Crippen molar-refractivity contribution in [3.8, 4) is 11.8 Å². The van der Waals surface area contributed by atoms with E-state index in [2.05, 4.69) is 17.2 Å². The fourth-order valence-electron chi connectivity index (χ4n) is 2.21. The van der Waals surface area contributed by atoms with Crippen molar-refractivity contribution in [2.45, 2.75) is 32.9 Å². The monoisotopic (exact) mass is 368 g/mol. The molecule has 2 atom stereocenters. The first-order valence-corrected chi connectivity index (χ1v) is 8.08. The van der Waals surface area contributed by atoms with Crippen molar-refractivity contribution in [3.63, 3.8) is 0 Å². The summed E-state index contributed by atoms with van der Waals surface area (Å²) in [6.45, 7) is 1.46. The Labute approximate surface area is 159 Å². The largest absolute Gasteiger partial charge is 0.391 e. The van der Waals surface area contributed by atoms with Crippen LogP contribution in [0.2, 0.25) is 0 Å². The number of aliphatic hydroxyl groups excluding tert-OH is 1. The quantitative estimate of drug-likeness (QED) is 0.369. The van der Waals surface area contributed by atoms with Crippen LogP contribution in [-0.4, -0.2) is 34.3 Å². The van der Waals surface area contributed by atoms with Crippen LogP contribution in [-0.2, 0) is 4.79 Å². The summed E-state index contributed by atoms with van der Waals surface area (Å²) in [5.74, 6) is 4.93. The highest BCUT2D eigenvalue weighted by Crippen LogP contribution is 2.07. The average molecular weight is 368 g/mol. The van der Waals surface area contributed by atoms with Crippen molar-refractivity contribution in [1.82, 2.24) is 10.8 Å². The van der Waals surface area contributed by atoms with Crippen LogP contribution in [0, 0.1) is 11.8 Å². The van der Waals surface area contributed by atoms with E-state index in [9.17, 15) is 14.7 Å². The molecule has 0 radical (unpaired) electrons. The Hall–Kier alpha value is -3.14. The van der Waals surface area contributed by atoms with Crippen LogP contribution in [0.3, 0.4) is 0 Å². The first-order chi connectivity index (χ1) is 12.5. The van der Waals surface area contributed by atoms with Gasteiger partial charge < -0.3 is 10.4 Å². The van der Waals surface area contributed by atoms with Crippen molar-refractivity contribution >= 4 is 11.8 Å². The lowest BCUT2D eigenvalue weighted by Gasteiger charge is -2.20. The van der Waals surface area contributed by atoms with E-state index >= 15 is 0 Å².